The highest BCUT2D eigenvalue weighted by molar-refractivity contribution is 7.84. The van der Waals surface area contributed by atoms with Gasteiger partial charge in [0.05, 0.1) is 0 Å². The molecule has 0 heterocycles. The fourth-order valence-corrected chi connectivity index (χ4v) is 3.29. The van der Waals surface area contributed by atoms with Crippen LogP contribution in [0, 0.1) is 0 Å². The number of hydrogen-bond donors (Lipinski definition) is 1. The number of rotatable bonds is 6. The summed E-state index contributed by atoms with van der Waals surface area (Å²) in [4.78, 5) is 0. The Morgan fingerprint density at radius 1 is 1.26 bits per heavy atom. The highest BCUT2D eigenvalue weighted by Gasteiger charge is 2.12. The van der Waals surface area contributed by atoms with Gasteiger partial charge in [0.2, 0.25) is 0 Å². The maximum absolute atomic E-state index is 11.0. The van der Waals surface area contributed by atoms with Crippen molar-refractivity contribution in [3.63, 3.8) is 0 Å². The van der Waals surface area contributed by atoms with E-state index in [2.05, 4.69) is 30.4 Å². The molecule has 1 N–H and O–H groups in total. The van der Waals surface area contributed by atoms with E-state index in [-0.39, 0.29) is 0 Å². The molecular formula is C16H25NOS. The van der Waals surface area contributed by atoms with Crippen molar-refractivity contribution in [2.45, 2.75) is 45.1 Å². The first-order chi connectivity index (χ1) is 9.16. The van der Waals surface area contributed by atoms with E-state index in [0.29, 0.717) is 6.04 Å². The minimum absolute atomic E-state index is 0.387. The number of hydrogen-bond acceptors (Lipinski definition) is 2. The molecule has 0 radical (unpaired) electrons. The molecular weight excluding hydrogens is 254 g/mol. The van der Waals surface area contributed by atoms with Crippen molar-refractivity contribution in [2.75, 3.05) is 18.6 Å². The zero-order chi connectivity index (χ0) is 13.7. The normalized spacial score (nSPS) is 17.8. The van der Waals surface area contributed by atoms with E-state index in [1.807, 2.05) is 0 Å². The lowest BCUT2D eigenvalue weighted by atomic mass is 9.89. The second-order valence-corrected chi connectivity index (χ2v) is 7.10. The zero-order valence-electron chi connectivity index (χ0n) is 12.1. The van der Waals surface area contributed by atoms with Gasteiger partial charge in [0.15, 0.2) is 0 Å². The van der Waals surface area contributed by atoms with Crippen molar-refractivity contribution < 1.29 is 4.21 Å². The summed E-state index contributed by atoms with van der Waals surface area (Å²) in [6.07, 6.45) is 7.92. The second-order valence-electron chi connectivity index (χ2n) is 5.54. The molecule has 106 valence electrons. The van der Waals surface area contributed by atoms with E-state index >= 15 is 0 Å². The fourth-order valence-electron chi connectivity index (χ4n) is 2.73. The third kappa shape index (κ3) is 4.43. The first kappa shape index (κ1) is 14.7. The van der Waals surface area contributed by atoms with Crippen LogP contribution < -0.4 is 5.32 Å². The van der Waals surface area contributed by atoms with Gasteiger partial charge in [0.1, 0.15) is 0 Å². The number of benzene rings is 1. The summed E-state index contributed by atoms with van der Waals surface area (Å²) < 4.78 is 11.0. The first-order valence-corrected chi connectivity index (χ1v) is 9.04. The Kier molecular flexibility index (Phi) is 5.59. The first-order valence-electron chi connectivity index (χ1n) is 7.32. The summed E-state index contributed by atoms with van der Waals surface area (Å²) in [5.41, 5.74) is 4.48. The predicted octanol–water partition coefficient (Wildman–Crippen LogP) is 2.98. The molecule has 1 aromatic rings. The predicted molar refractivity (Wildman–Crippen MR) is 83.1 cm³/mol. The fraction of sp³-hybridized carbons (Fsp3) is 0.625. The highest BCUT2D eigenvalue weighted by atomic mass is 32.2. The second kappa shape index (κ2) is 7.20. The van der Waals surface area contributed by atoms with Crippen molar-refractivity contribution in [3.05, 3.63) is 34.9 Å². The van der Waals surface area contributed by atoms with Crippen LogP contribution >= 0.6 is 0 Å². The largest absolute Gasteiger partial charge is 0.310 e. The van der Waals surface area contributed by atoms with Crippen LogP contribution in [0.3, 0.4) is 0 Å². The van der Waals surface area contributed by atoms with E-state index in [9.17, 15) is 4.21 Å². The van der Waals surface area contributed by atoms with Gasteiger partial charge in [0, 0.05) is 28.9 Å². The smallest absolute Gasteiger partial charge is 0.0291 e. The van der Waals surface area contributed by atoms with Gasteiger partial charge in [-0.15, -0.1) is 0 Å². The van der Waals surface area contributed by atoms with Crippen LogP contribution in [0.15, 0.2) is 18.2 Å². The molecule has 2 nitrogen and oxygen atoms in total. The topological polar surface area (TPSA) is 29.1 Å². The molecule has 0 aliphatic heterocycles. The monoisotopic (exact) mass is 279 g/mol. The lowest BCUT2D eigenvalue weighted by Crippen LogP contribution is -2.21. The van der Waals surface area contributed by atoms with E-state index < -0.39 is 10.8 Å². The van der Waals surface area contributed by atoms with Gasteiger partial charge in [-0.2, -0.15) is 0 Å². The summed E-state index contributed by atoms with van der Waals surface area (Å²) in [7, 11) is -0.667. The highest BCUT2D eigenvalue weighted by Crippen LogP contribution is 2.24. The van der Waals surface area contributed by atoms with Gasteiger partial charge in [-0.3, -0.25) is 4.21 Å². The summed E-state index contributed by atoms with van der Waals surface area (Å²) in [6, 6.07) is 7.34. The maximum Gasteiger partial charge on any atom is 0.0291 e. The third-order valence-corrected chi connectivity index (χ3v) is 4.80. The van der Waals surface area contributed by atoms with Crippen LogP contribution in [0.25, 0.3) is 0 Å². The standard InChI is InChI=1S/C16H25NOS/c1-13(17-10-5-11-19(2)18)15-9-8-14-6-3-4-7-16(14)12-15/h8-9,12-13,17H,3-7,10-11H2,1-2H3. The van der Waals surface area contributed by atoms with Gasteiger partial charge < -0.3 is 5.32 Å². The van der Waals surface area contributed by atoms with Crippen molar-refractivity contribution in [3.8, 4) is 0 Å². The summed E-state index contributed by atoms with van der Waals surface area (Å²) in [5, 5.41) is 3.53. The van der Waals surface area contributed by atoms with Gasteiger partial charge in [-0.1, -0.05) is 18.2 Å². The van der Waals surface area contributed by atoms with E-state index in [1.54, 1.807) is 17.4 Å². The van der Waals surface area contributed by atoms with Crippen LogP contribution in [0.5, 0.6) is 0 Å². The van der Waals surface area contributed by atoms with E-state index in [1.165, 1.54) is 31.2 Å². The molecule has 0 fully saturated rings. The van der Waals surface area contributed by atoms with Crippen molar-refractivity contribution in [1.82, 2.24) is 5.32 Å². The summed E-state index contributed by atoms with van der Waals surface area (Å²) in [5.74, 6) is 0.796. The Morgan fingerprint density at radius 2 is 2.00 bits per heavy atom. The lowest BCUT2D eigenvalue weighted by molar-refractivity contribution is 0.568. The molecule has 1 aliphatic rings. The maximum atomic E-state index is 11.0. The Bertz CT molecular complexity index is 444. The number of fused-ring (bicyclic) bond motifs is 1. The van der Waals surface area contributed by atoms with Crippen LogP contribution in [0.2, 0.25) is 0 Å². The molecule has 2 rings (SSSR count). The third-order valence-electron chi connectivity index (χ3n) is 3.93. The van der Waals surface area contributed by atoms with E-state index in [4.69, 9.17) is 0 Å². The van der Waals surface area contributed by atoms with Crippen molar-refractivity contribution in [2.24, 2.45) is 0 Å². The van der Waals surface area contributed by atoms with Crippen LogP contribution in [-0.4, -0.2) is 22.8 Å². The molecule has 0 spiro atoms. The molecule has 1 aromatic carbocycles. The molecule has 0 bridgehead atoms. The van der Waals surface area contributed by atoms with Gasteiger partial charge in [-0.05, 0) is 62.3 Å². The Balaban J connectivity index is 1.88. The van der Waals surface area contributed by atoms with Crippen molar-refractivity contribution >= 4 is 10.8 Å². The SMILES string of the molecule is CC(NCCCS(C)=O)c1ccc2c(c1)CCCC2. The molecule has 1 aliphatic carbocycles. The van der Waals surface area contributed by atoms with Crippen LogP contribution in [-0.2, 0) is 23.6 Å². The molecule has 19 heavy (non-hydrogen) atoms. The number of nitrogens with one attached hydrogen (secondary N) is 1. The molecule has 0 aromatic heterocycles. The zero-order valence-corrected chi connectivity index (χ0v) is 12.9. The molecule has 2 unspecified atom stereocenters. The van der Waals surface area contributed by atoms with Crippen LogP contribution in [0.1, 0.15) is 48.9 Å². The van der Waals surface area contributed by atoms with Gasteiger partial charge in [0.25, 0.3) is 0 Å². The van der Waals surface area contributed by atoms with E-state index in [0.717, 1.165) is 18.7 Å². The average molecular weight is 279 g/mol. The Labute approximate surface area is 119 Å². The number of aryl methyl sites for hydroxylation is 2. The lowest BCUT2D eigenvalue weighted by Gasteiger charge is -2.20. The minimum atomic E-state index is -0.667. The molecule has 3 heteroatoms. The minimum Gasteiger partial charge on any atom is -0.310 e. The summed E-state index contributed by atoms with van der Waals surface area (Å²) >= 11 is 0. The molecule has 0 amide bonds. The Morgan fingerprint density at radius 3 is 2.74 bits per heavy atom. The quantitative estimate of drug-likeness (QED) is 0.811. The van der Waals surface area contributed by atoms with Gasteiger partial charge in [-0.25, -0.2) is 0 Å². The summed E-state index contributed by atoms with van der Waals surface area (Å²) in [6.45, 7) is 3.16. The molecule has 0 saturated heterocycles. The van der Waals surface area contributed by atoms with Crippen LogP contribution in [0.4, 0.5) is 0 Å². The molecule has 0 saturated carbocycles. The van der Waals surface area contributed by atoms with Crippen molar-refractivity contribution in [1.29, 1.82) is 0 Å². The average Bonchev–Trinajstić information content (AvgIpc) is 2.42. The molecule has 2 atom stereocenters. The van der Waals surface area contributed by atoms with Gasteiger partial charge >= 0.3 is 0 Å². The Hall–Kier alpha value is -0.670.